The van der Waals surface area contributed by atoms with Crippen LogP contribution in [0.4, 0.5) is 10.1 Å². The number of aryl methyl sites for hydroxylation is 1. The largest absolute Gasteiger partial charge is 0.365 e. The lowest BCUT2D eigenvalue weighted by Gasteiger charge is -2.33. The van der Waals surface area contributed by atoms with Crippen molar-refractivity contribution >= 4 is 17.5 Å². The highest BCUT2D eigenvalue weighted by molar-refractivity contribution is 5.95. The van der Waals surface area contributed by atoms with E-state index < -0.39 is 5.82 Å². The fourth-order valence-electron chi connectivity index (χ4n) is 2.85. The number of anilines is 1. The van der Waals surface area contributed by atoms with Crippen molar-refractivity contribution in [3.8, 4) is 0 Å². The van der Waals surface area contributed by atoms with E-state index in [0.717, 1.165) is 12.1 Å². The van der Waals surface area contributed by atoms with E-state index in [4.69, 9.17) is 4.74 Å². The number of nitrogens with one attached hydrogen (secondary N) is 1. The van der Waals surface area contributed by atoms with E-state index in [0.29, 0.717) is 6.54 Å². The molecule has 1 unspecified atom stereocenters. The molecule has 0 radical (unpaired) electrons. The van der Waals surface area contributed by atoms with Gasteiger partial charge in [-0.15, -0.1) is 0 Å². The second kappa shape index (κ2) is 8.10. The molecule has 0 spiro atoms. The Kier molecular flexibility index (Phi) is 5.63. The average molecular weight is 356 g/mol. The molecule has 6 heteroatoms. The molecule has 3 rings (SSSR count). The molecule has 1 aliphatic rings. The molecule has 5 nitrogen and oxygen atoms in total. The minimum Gasteiger partial charge on any atom is -0.365 e. The molecule has 2 aromatic rings. The maximum Gasteiger partial charge on any atom is 0.253 e. The fourth-order valence-corrected chi connectivity index (χ4v) is 2.85. The van der Waals surface area contributed by atoms with Crippen molar-refractivity contribution in [3.05, 3.63) is 65.5 Å². The summed E-state index contributed by atoms with van der Waals surface area (Å²) in [5.74, 6) is -0.940. The minimum absolute atomic E-state index is 0.0317. The first kappa shape index (κ1) is 18.1. The van der Waals surface area contributed by atoms with Crippen LogP contribution in [0.25, 0.3) is 0 Å². The summed E-state index contributed by atoms with van der Waals surface area (Å²) in [6.45, 7) is 2.64. The molecule has 0 bridgehead atoms. The lowest BCUT2D eigenvalue weighted by Crippen LogP contribution is -2.50. The molecular weight excluding hydrogens is 335 g/mol. The third kappa shape index (κ3) is 4.26. The highest BCUT2D eigenvalue weighted by Gasteiger charge is 2.27. The van der Waals surface area contributed by atoms with Gasteiger partial charge in [-0.3, -0.25) is 9.59 Å². The Morgan fingerprint density at radius 2 is 2.04 bits per heavy atom. The van der Waals surface area contributed by atoms with E-state index >= 15 is 0 Å². The molecule has 0 saturated carbocycles. The number of carbonyl (C=O) groups is 2. The number of carbonyl (C=O) groups excluding carboxylic acids is 2. The molecule has 0 aromatic heterocycles. The van der Waals surface area contributed by atoms with Crippen molar-refractivity contribution < 1.29 is 18.7 Å². The van der Waals surface area contributed by atoms with Crippen LogP contribution in [0.2, 0.25) is 0 Å². The van der Waals surface area contributed by atoms with Crippen LogP contribution in [0.15, 0.2) is 48.5 Å². The van der Waals surface area contributed by atoms with Gasteiger partial charge in [0.2, 0.25) is 0 Å². The van der Waals surface area contributed by atoms with Gasteiger partial charge in [-0.05, 0) is 42.3 Å². The number of hydrogen-bond acceptors (Lipinski definition) is 3. The van der Waals surface area contributed by atoms with E-state index in [2.05, 4.69) is 12.2 Å². The number of benzene rings is 2. The Hall–Kier alpha value is -2.73. The smallest absolute Gasteiger partial charge is 0.253 e. The average Bonchev–Trinajstić information content (AvgIpc) is 2.67. The van der Waals surface area contributed by atoms with Crippen LogP contribution in [0.5, 0.6) is 0 Å². The van der Waals surface area contributed by atoms with Gasteiger partial charge in [0.25, 0.3) is 11.8 Å². The summed E-state index contributed by atoms with van der Waals surface area (Å²) >= 11 is 0. The second-order valence-electron chi connectivity index (χ2n) is 6.18. The van der Waals surface area contributed by atoms with Gasteiger partial charge in [0.05, 0.1) is 12.6 Å². The summed E-state index contributed by atoms with van der Waals surface area (Å²) in [4.78, 5) is 25.9. The first-order valence-electron chi connectivity index (χ1n) is 8.61. The lowest BCUT2D eigenvalue weighted by molar-refractivity contribution is -0.129. The summed E-state index contributed by atoms with van der Waals surface area (Å²) in [5.41, 5.74) is 2.27. The van der Waals surface area contributed by atoms with Crippen LogP contribution < -0.4 is 10.2 Å². The first-order chi connectivity index (χ1) is 12.6. The Bertz CT molecular complexity index is 792. The van der Waals surface area contributed by atoms with E-state index in [9.17, 15) is 14.0 Å². The monoisotopic (exact) mass is 356 g/mol. The summed E-state index contributed by atoms with van der Waals surface area (Å²) < 4.78 is 18.7. The third-order valence-electron chi connectivity index (χ3n) is 4.36. The lowest BCUT2D eigenvalue weighted by atomic mass is 10.1. The highest BCUT2D eigenvalue weighted by atomic mass is 19.1. The molecule has 1 N–H and O–H groups in total. The Balaban J connectivity index is 1.60. The van der Waals surface area contributed by atoms with Crippen LogP contribution in [0.1, 0.15) is 22.8 Å². The SMILES string of the molecule is CCc1ccc(N2CC(CNC(=O)c3cccc(F)c3)OCC2=O)cc1. The number of morpholine rings is 1. The van der Waals surface area contributed by atoms with E-state index in [1.165, 1.54) is 23.8 Å². The highest BCUT2D eigenvalue weighted by Crippen LogP contribution is 2.19. The Morgan fingerprint density at radius 1 is 1.27 bits per heavy atom. The van der Waals surface area contributed by atoms with Crippen LogP contribution in [0.3, 0.4) is 0 Å². The van der Waals surface area contributed by atoms with Crippen LogP contribution in [0, 0.1) is 5.82 Å². The van der Waals surface area contributed by atoms with Gasteiger partial charge in [-0.1, -0.05) is 25.1 Å². The van der Waals surface area contributed by atoms with Gasteiger partial charge in [0.1, 0.15) is 12.4 Å². The van der Waals surface area contributed by atoms with Crippen LogP contribution in [-0.4, -0.2) is 37.6 Å². The normalized spacial score (nSPS) is 17.2. The van der Waals surface area contributed by atoms with Crippen molar-refractivity contribution in [1.82, 2.24) is 5.32 Å². The topological polar surface area (TPSA) is 58.6 Å². The zero-order valence-corrected chi connectivity index (χ0v) is 14.6. The number of hydrogen-bond donors (Lipinski definition) is 1. The van der Waals surface area contributed by atoms with Crippen LogP contribution in [-0.2, 0) is 16.0 Å². The van der Waals surface area contributed by atoms with Gasteiger partial charge in [0, 0.05) is 17.8 Å². The van der Waals surface area contributed by atoms with Gasteiger partial charge in [-0.25, -0.2) is 4.39 Å². The zero-order valence-electron chi connectivity index (χ0n) is 14.6. The van der Waals surface area contributed by atoms with E-state index in [1.807, 2.05) is 24.3 Å². The van der Waals surface area contributed by atoms with Crippen molar-refractivity contribution in [2.45, 2.75) is 19.4 Å². The zero-order chi connectivity index (χ0) is 18.5. The maximum atomic E-state index is 13.2. The fraction of sp³-hybridized carbons (Fsp3) is 0.300. The second-order valence-corrected chi connectivity index (χ2v) is 6.18. The summed E-state index contributed by atoms with van der Waals surface area (Å²) in [6.07, 6.45) is 0.613. The molecule has 1 saturated heterocycles. The van der Waals surface area contributed by atoms with Crippen molar-refractivity contribution in [2.75, 3.05) is 24.6 Å². The number of nitrogens with zero attached hydrogens (tertiary/aromatic N) is 1. The van der Waals surface area contributed by atoms with Gasteiger partial charge >= 0.3 is 0 Å². The molecule has 1 atom stereocenters. The number of halogens is 1. The van der Waals surface area contributed by atoms with Gasteiger partial charge < -0.3 is 15.0 Å². The third-order valence-corrected chi connectivity index (χ3v) is 4.36. The standard InChI is InChI=1S/C20H21FN2O3/c1-2-14-6-8-17(9-7-14)23-12-18(26-13-19(23)24)11-22-20(25)15-4-3-5-16(21)10-15/h3-10,18H,2,11-13H2,1H3,(H,22,25). The quantitative estimate of drug-likeness (QED) is 0.896. The molecule has 1 heterocycles. The molecule has 0 aliphatic carbocycles. The van der Waals surface area contributed by atoms with Gasteiger partial charge in [0.15, 0.2) is 0 Å². The van der Waals surface area contributed by atoms with E-state index in [1.54, 1.807) is 11.0 Å². The molecular formula is C20H21FN2O3. The molecule has 2 aromatic carbocycles. The molecule has 1 fully saturated rings. The first-order valence-corrected chi connectivity index (χ1v) is 8.61. The molecule has 2 amide bonds. The number of rotatable bonds is 5. The van der Waals surface area contributed by atoms with E-state index in [-0.39, 0.29) is 36.6 Å². The molecule has 136 valence electrons. The van der Waals surface area contributed by atoms with Crippen molar-refractivity contribution in [2.24, 2.45) is 0 Å². The molecule has 26 heavy (non-hydrogen) atoms. The maximum absolute atomic E-state index is 13.2. The van der Waals surface area contributed by atoms with Gasteiger partial charge in [-0.2, -0.15) is 0 Å². The summed E-state index contributed by atoms with van der Waals surface area (Å²) in [7, 11) is 0. The van der Waals surface area contributed by atoms with Crippen LogP contribution >= 0.6 is 0 Å². The minimum atomic E-state index is -0.459. The van der Waals surface area contributed by atoms with Crippen molar-refractivity contribution in [1.29, 1.82) is 0 Å². The molecule has 1 aliphatic heterocycles. The summed E-state index contributed by atoms with van der Waals surface area (Å²) in [6, 6.07) is 13.3. The Morgan fingerprint density at radius 3 is 2.73 bits per heavy atom. The predicted octanol–water partition coefficient (Wildman–Crippen LogP) is 2.55. The van der Waals surface area contributed by atoms with Crippen molar-refractivity contribution in [3.63, 3.8) is 0 Å². The number of amides is 2. The predicted molar refractivity (Wildman–Crippen MR) is 96.6 cm³/mol. The number of ether oxygens (including phenoxy) is 1. The Labute approximate surface area is 151 Å². The summed E-state index contributed by atoms with van der Waals surface area (Å²) in [5, 5.41) is 2.73.